The standard InChI is InChI=1S/C11H13ClF2N2/c1-5(2)6-8(13)7(12)10(15-3)11(16-4)9(6)14/h5,15H,4H2,1-3H3. The molecule has 0 amide bonds. The van der Waals surface area contributed by atoms with Gasteiger partial charge in [0.25, 0.3) is 0 Å². The number of aliphatic imine (C=N–C) groups is 1. The molecule has 0 heterocycles. The molecule has 5 heteroatoms. The fourth-order valence-corrected chi connectivity index (χ4v) is 1.83. The van der Waals surface area contributed by atoms with E-state index in [1.54, 1.807) is 13.8 Å². The lowest BCUT2D eigenvalue weighted by molar-refractivity contribution is 0.544. The minimum atomic E-state index is -0.745. The Labute approximate surface area is 98.3 Å². The van der Waals surface area contributed by atoms with Crippen molar-refractivity contribution in [1.82, 2.24) is 0 Å². The Morgan fingerprint density at radius 1 is 1.31 bits per heavy atom. The summed E-state index contributed by atoms with van der Waals surface area (Å²) in [5, 5.41) is 2.46. The van der Waals surface area contributed by atoms with E-state index in [1.165, 1.54) is 7.05 Å². The first-order chi connectivity index (χ1) is 7.45. The number of halogens is 3. The Morgan fingerprint density at radius 3 is 2.25 bits per heavy atom. The summed E-state index contributed by atoms with van der Waals surface area (Å²) >= 11 is 5.81. The predicted octanol–water partition coefficient (Wildman–Crippen LogP) is 4.12. The second-order valence-corrected chi connectivity index (χ2v) is 4.02. The van der Waals surface area contributed by atoms with Crippen molar-refractivity contribution in [3.63, 3.8) is 0 Å². The van der Waals surface area contributed by atoms with E-state index in [-0.39, 0.29) is 27.9 Å². The maximum Gasteiger partial charge on any atom is 0.157 e. The van der Waals surface area contributed by atoms with Crippen molar-refractivity contribution in [2.24, 2.45) is 4.99 Å². The SMILES string of the molecule is C=Nc1c(F)c(C(C)C)c(F)c(Cl)c1NC. The predicted molar refractivity (Wildman–Crippen MR) is 64.2 cm³/mol. The van der Waals surface area contributed by atoms with Crippen LogP contribution >= 0.6 is 11.6 Å². The minimum Gasteiger partial charge on any atom is -0.385 e. The van der Waals surface area contributed by atoms with Gasteiger partial charge in [-0.15, -0.1) is 0 Å². The minimum absolute atomic E-state index is 0.0439. The van der Waals surface area contributed by atoms with Gasteiger partial charge in [0, 0.05) is 12.6 Å². The first-order valence-corrected chi connectivity index (χ1v) is 5.18. The zero-order valence-corrected chi connectivity index (χ0v) is 10.1. The van der Waals surface area contributed by atoms with Crippen molar-refractivity contribution in [2.75, 3.05) is 12.4 Å². The fraction of sp³-hybridized carbons (Fsp3) is 0.364. The molecule has 0 saturated carbocycles. The number of nitrogens with zero attached hydrogens (tertiary/aromatic N) is 1. The summed E-state index contributed by atoms with van der Waals surface area (Å²) in [5.41, 5.74) is 0.0140. The highest BCUT2D eigenvalue weighted by molar-refractivity contribution is 6.34. The lowest BCUT2D eigenvalue weighted by Crippen LogP contribution is -2.03. The Kier molecular flexibility index (Phi) is 3.86. The van der Waals surface area contributed by atoms with Crippen LogP contribution in [-0.4, -0.2) is 13.8 Å². The zero-order valence-electron chi connectivity index (χ0n) is 9.37. The molecule has 0 spiro atoms. The van der Waals surface area contributed by atoms with Crippen molar-refractivity contribution in [3.05, 3.63) is 22.2 Å². The van der Waals surface area contributed by atoms with Crippen LogP contribution in [0.3, 0.4) is 0 Å². The van der Waals surface area contributed by atoms with Crippen LogP contribution in [0.25, 0.3) is 0 Å². The summed E-state index contributed by atoms with van der Waals surface area (Å²) in [7, 11) is 1.52. The van der Waals surface area contributed by atoms with Crippen molar-refractivity contribution >= 4 is 29.7 Å². The highest BCUT2D eigenvalue weighted by Crippen LogP contribution is 2.41. The third kappa shape index (κ3) is 1.89. The molecule has 0 atom stereocenters. The molecule has 1 N–H and O–H groups in total. The lowest BCUT2D eigenvalue weighted by Gasteiger charge is -2.16. The van der Waals surface area contributed by atoms with Gasteiger partial charge in [0.1, 0.15) is 16.5 Å². The lowest BCUT2D eigenvalue weighted by atomic mass is 10.00. The molecular weight excluding hydrogens is 234 g/mol. The van der Waals surface area contributed by atoms with Crippen molar-refractivity contribution in [3.8, 4) is 0 Å². The second kappa shape index (κ2) is 4.78. The number of rotatable bonds is 3. The Balaban J connectivity index is 3.69. The molecule has 0 aromatic heterocycles. The van der Waals surface area contributed by atoms with E-state index in [0.29, 0.717) is 0 Å². The topological polar surface area (TPSA) is 24.4 Å². The van der Waals surface area contributed by atoms with Gasteiger partial charge in [-0.2, -0.15) is 0 Å². The molecule has 0 radical (unpaired) electrons. The van der Waals surface area contributed by atoms with Gasteiger partial charge < -0.3 is 5.32 Å². The van der Waals surface area contributed by atoms with E-state index in [4.69, 9.17) is 11.6 Å². The van der Waals surface area contributed by atoms with Crippen LogP contribution in [0.2, 0.25) is 5.02 Å². The maximum absolute atomic E-state index is 13.9. The van der Waals surface area contributed by atoms with E-state index in [9.17, 15) is 8.78 Å². The molecule has 1 rings (SSSR count). The molecule has 88 valence electrons. The number of anilines is 1. The molecule has 0 aliphatic rings. The van der Waals surface area contributed by atoms with E-state index < -0.39 is 11.6 Å². The summed E-state index contributed by atoms with van der Waals surface area (Å²) < 4.78 is 27.7. The highest BCUT2D eigenvalue weighted by Gasteiger charge is 2.24. The Hall–Kier alpha value is -1.16. The normalized spacial score (nSPS) is 10.7. The summed E-state index contributed by atoms with van der Waals surface area (Å²) in [6.07, 6.45) is 0. The first-order valence-electron chi connectivity index (χ1n) is 4.80. The molecule has 0 aliphatic heterocycles. The molecule has 0 unspecified atom stereocenters. The quantitative estimate of drug-likeness (QED) is 0.630. The van der Waals surface area contributed by atoms with Gasteiger partial charge in [0.2, 0.25) is 0 Å². The van der Waals surface area contributed by atoms with E-state index in [2.05, 4.69) is 17.0 Å². The largest absolute Gasteiger partial charge is 0.385 e. The van der Waals surface area contributed by atoms with E-state index in [1.807, 2.05) is 0 Å². The number of nitrogens with one attached hydrogen (secondary N) is 1. The summed E-state index contributed by atoms with van der Waals surface area (Å²) in [4.78, 5) is 3.55. The third-order valence-electron chi connectivity index (χ3n) is 2.32. The molecule has 0 saturated heterocycles. The smallest absolute Gasteiger partial charge is 0.157 e. The molecule has 2 nitrogen and oxygen atoms in total. The molecule has 1 aromatic carbocycles. The highest BCUT2D eigenvalue weighted by atomic mass is 35.5. The average molecular weight is 247 g/mol. The van der Waals surface area contributed by atoms with Gasteiger partial charge in [-0.25, -0.2) is 8.78 Å². The Bertz CT molecular complexity index is 431. The van der Waals surface area contributed by atoms with Gasteiger partial charge in [0.05, 0.1) is 5.69 Å². The summed E-state index contributed by atoms with van der Waals surface area (Å²) in [6, 6.07) is 0. The average Bonchev–Trinajstić information content (AvgIpc) is 2.22. The summed E-state index contributed by atoms with van der Waals surface area (Å²) in [5.74, 6) is -1.77. The van der Waals surface area contributed by atoms with Crippen LogP contribution in [0.1, 0.15) is 25.3 Å². The van der Waals surface area contributed by atoms with Crippen LogP contribution in [0.15, 0.2) is 4.99 Å². The van der Waals surface area contributed by atoms with Crippen LogP contribution in [-0.2, 0) is 0 Å². The van der Waals surface area contributed by atoms with Crippen molar-refractivity contribution < 1.29 is 8.78 Å². The second-order valence-electron chi connectivity index (χ2n) is 3.64. The van der Waals surface area contributed by atoms with Crippen molar-refractivity contribution in [2.45, 2.75) is 19.8 Å². The van der Waals surface area contributed by atoms with Gasteiger partial charge in [-0.3, -0.25) is 4.99 Å². The number of hydrogen-bond donors (Lipinski definition) is 1. The van der Waals surface area contributed by atoms with E-state index in [0.717, 1.165) is 0 Å². The fourth-order valence-electron chi connectivity index (χ4n) is 1.55. The molecule has 1 aromatic rings. The van der Waals surface area contributed by atoms with E-state index >= 15 is 0 Å². The Morgan fingerprint density at radius 2 is 1.88 bits per heavy atom. The van der Waals surface area contributed by atoms with Crippen LogP contribution in [0.5, 0.6) is 0 Å². The zero-order chi connectivity index (χ0) is 12.5. The molecule has 16 heavy (non-hydrogen) atoms. The van der Waals surface area contributed by atoms with Crippen LogP contribution < -0.4 is 5.32 Å². The van der Waals surface area contributed by atoms with Crippen LogP contribution in [0, 0.1) is 11.6 Å². The molecule has 0 aliphatic carbocycles. The van der Waals surface area contributed by atoms with Gasteiger partial charge in [0.15, 0.2) is 5.82 Å². The van der Waals surface area contributed by atoms with Gasteiger partial charge in [-0.05, 0) is 12.6 Å². The van der Waals surface area contributed by atoms with Crippen molar-refractivity contribution in [1.29, 1.82) is 0 Å². The first kappa shape index (κ1) is 12.9. The number of benzene rings is 1. The van der Waals surface area contributed by atoms with Gasteiger partial charge in [-0.1, -0.05) is 25.4 Å². The monoisotopic (exact) mass is 246 g/mol. The van der Waals surface area contributed by atoms with Crippen LogP contribution in [0.4, 0.5) is 20.2 Å². The van der Waals surface area contributed by atoms with Gasteiger partial charge >= 0.3 is 0 Å². The molecule has 0 fully saturated rings. The third-order valence-corrected chi connectivity index (χ3v) is 2.67. The maximum atomic E-state index is 13.9. The number of hydrogen-bond acceptors (Lipinski definition) is 2. The molecular formula is C11H13ClF2N2. The molecule has 0 bridgehead atoms. The summed E-state index contributed by atoms with van der Waals surface area (Å²) in [6.45, 7) is 6.63.